The van der Waals surface area contributed by atoms with Crippen molar-refractivity contribution in [1.82, 2.24) is 15.1 Å². The van der Waals surface area contributed by atoms with Crippen LogP contribution in [-0.2, 0) is 12.5 Å². The van der Waals surface area contributed by atoms with Gasteiger partial charge in [0.15, 0.2) is 0 Å². The number of aryl methyl sites for hydroxylation is 1. The van der Waals surface area contributed by atoms with Gasteiger partial charge >= 0.3 is 0 Å². The highest BCUT2D eigenvalue weighted by Crippen LogP contribution is 2.21. The van der Waals surface area contributed by atoms with E-state index in [0.29, 0.717) is 5.69 Å². The standard InChI is InChI=1S/C12H21N3O2/c1-8(7-16)13-11(17)9-6-10(12(2,3)4)14-15(9)5/h6,8,16H,7H2,1-5H3,(H,13,17). The largest absolute Gasteiger partial charge is 0.394 e. The molecule has 5 nitrogen and oxygen atoms in total. The van der Waals surface area contributed by atoms with Crippen molar-refractivity contribution < 1.29 is 9.90 Å². The smallest absolute Gasteiger partial charge is 0.269 e. The fourth-order valence-electron chi connectivity index (χ4n) is 1.39. The van der Waals surface area contributed by atoms with Crippen molar-refractivity contribution in [2.45, 2.75) is 39.2 Å². The Kier molecular flexibility index (Phi) is 3.93. The number of aliphatic hydroxyl groups is 1. The van der Waals surface area contributed by atoms with Crippen LogP contribution in [0.25, 0.3) is 0 Å². The first-order valence-electron chi connectivity index (χ1n) is 5.72. The van der Waals surface area contributed by atoms with E-state index in [9.17, 15) is 4.79 Å². The number of hydrogen-bond donors (Lipinski definition) is 2. The van der Waals surface area contributed by atoms with E-state index in [1.807, 2.05) is 20.8 Å². The van der Waals surface area contributed by atoms with Gasteiger partial charge in [0.1, 0.15) is 5.69 Å². The maximum atomic E-state index is 11.9. The summed E-state index contributed by atoms with van der Waals surface area (Å²) in [5.74, 6) is -0.211. The quantitative estimate of drug-likeness (QED) is 0.821. The van der Waals surface area contributed by atoms with Crippen LogP contribution >= 0.6 is 0 Å². The van der Waals surface area contributed by atoms with Gasteiger partial charge in [0.2, 0.25) is 0 Å². The minimum Gasteiger partial charge on any atom is -0.394 e. The number of aromatic nitrogens is 2. The van der Waals surface area contributed by atoms with Crippen LogP contribution in [0, 0.1) is 0 Å². The fourth-order valence-corrected chi connectivity index (χ4v) is 1.39. The SMILES string of the molecule is CC(CO)NC(=O)c1cc(C(C)(C)C)nn1C. The van der Waals surface area contributed by atoms with E-state index in [2.05, 4.69) is 10.4 Å². The monoisotopic (exact) mass is 239 g/mol. The first-order chi connectivity index (χ1) is 7.75. The topological polar surface area (TPSA) is 67.2 Å². The summed E-state index contributed by atoms with van der Waals surface area (Å²) in [6.45, 7) is 7.82. The average molecular weight is 239 g/mol. The van der Waals surface area contributed by atoms with Crippen LogP contribution in [0.15, 0.2) is 6.07 Å². The summed E-state index contributed by atoms with van der Waals surface area (Å²) in [6.07, 6.45) is 0. The molecule has 1 aromatic heterocycles. The van der Waals surface area contributed by atoms with Crippen molar-refractivity contribution in [3.63, 3.8) is 0 Å². The number of hydrogen-bond acceptors (Lipinski definition) is 3. The molecule has 5 heteroatoms. The van der Waals surface area contributed by atoms with E-state index in [1.54, 1.807) is 24.7 Å². The van der Waals surface area contributed by atoms with Gasteiger partial charge < -0.3 is 10.4 Å². The van der Waals surface area contributed by atoms with Crippen molar-refractivity contribution in [2.75, 3.05) is 6.61 Å². The van der Waals surface area contributed by atoms with Crippen molar-refractivity contribution in [3.05, 3.63) is 17.5 Å². The number of carbonyl (C=O) groups is 1. The molecule has 0 aliphatic rings. The number of aliphatic hydroxyl groups excluding tert-OH is 1. The van der Waals surface area contributed by atoms with E-state index in [1.165, 1.54) is 0 Å². The van der Waals surface area contributed by atoms with E-state index in [-0.39, 0.29) is 24.0 Å². The molecule has 1 unspecified atom stereocenters. The first-order valence-corrected chi connectivity index (χ1v) is 5.72. The van der Waals surface area contributed by atoms with Gasteiger partial charge in [0, 0.05) is 18.5 Å². The predicted molar refractivity (Wildman–Crippen MR) is 65.9 cm³/mol. The second kappa shape index (κ2) is 4.87. The lowest BCUT2D eigenvalue weighted by molar-refractivity contribution is 0.0913. The number of rotatable bonds is 3. The van der Waals surface area contributed by atoms with Gasteiger partial charge in [-0.3, -0.25) is 9.48 Å². The average Bonchev–Trinajstić information content (AvgIpc) is 2.59. The third kappa shape index (κ3) is 3.30. The summed E-state index contributed by atoms with van der Waals surface area (Å²) in [4.78, 5) is 11.9. The highest BCUT2D eigenvalue weighted by Gasteiger charge is 2.22. The van der Waals surface area contributed by atoms with Gasteiger partial charge in [0.25, 0.3) is 5.91 Å². The molecule has 0 spiro atoms. The molecule has 1 amide bonds. The maximum absolute atomic E-state index is 11.9. The van der Waals surface area contributed by atoms with Crippen LogP contribution in [-0.4, -0.2) is 33.4 Å². The Balaban J connectivity index is 2.92. The van der Waals surface area contributed by atoms with Crippen molar-refractivity contribution in [2.24, 2.45) is 7.05 Å². The third-order valence-electron chi connectivity index (χ3n) is 2.53. The highest BCUT2D eigenvalue weighted by atomic mass is 16.3. The molecule has 2 N–H and O–H groups in total. The Morgan fingerprint density at radius 3 is 2.59 bits per heavy atom. The Labute approximate surface area is 102 Å². The number of carbonyl (C=O) groups excluding carboxylic acids is 1. The number of amides is 1. The van der Waals surface area contributed by atoms with Crippen LogP contribution < -0.4 is 5.32 Å². The lowest BCUT2D eigenvalue weighted by Gasteiger charge is -2.13. The first kappa shape index (κ1) is 13.7. The Bertz CT molecular complexity index is 404. The highest BCUT2D eigenvalue weighted by molar-refractivity contribution is 5.92. The third-order valence-corrected chi connectivity index (χ3v) is 2.53. The Morgan fingerprint density at radius 1 is 1.59 bits per heavy atom. The molecule has 0 aliphatic heterocycles. The molecule has 1 heterocycles. The molecule has 17 heavy (non-hydrogen) atoms. The molecule has 1 atom stereocenters. The van der Waals surface area contributed by atoms with Gasteiger partial charge in [-0.2, -0.15) is 5.10 Å². The molecule has 1 aromatic rings. The van der Waals surface area contributed by atoms with Crippen LogP contribution in [0.1, 0.15) is 43.9 Å². The van der Waals surface area contributed by atoms with E-state index >= 15 is 0 Å². The molecule has 0 saturated carbocycles. The van der Waals surface area contributed by atoms with Gasteiger partial charge in [-0.25, -0.2) is 0 Å². The van der Waals surface area contributed by atoms with Crippen molar-refractivity contribution >= 4 is 5.91 Å². The van der Waals surface area contributed by atoms with Crippen molar-refractivity contribution in [1.29, 1.82) is 0 Å². The molecule has 0 aliphatic carbocycles. The predicted octanol–water partition coefficient (Wildman–Crippen LogP) is 0.828. The molecule has 0 saturated heterocycles. The van der Waals surface area contributed by atoms with Crippen LogP contribution in [0.5, 0.6) is 0 Å². The molecule has 1 rings (SSSR count). The summed E-state index contributed by atoms with van der Waals surface area (Å²) in [6, 6.07) is 1.54. The van der Waals surface area contributed by atoms with E-state index in [0.717, 1.165) is 5.69 Å². The van der Waals surface area contributed by atoms with Gasteiger partial charge in [-0.05, 0) is 13.0 Å². The number of nitrogens with zero attached hydrogens (tertiary/aromatic N) is 2. The lowest BCUT2D eigenvalue weighted by Crippen LogP contribution is -2.36. The van der Waals surface area contributed by atoms with Gasteiger partial charge in [-0.1, -0.05) is 20.8 Å². The second-order valence-electron chi connectivity index (χ2n) is 5.35. The number of nitrogens with one attached hydrogen (secondary N) is 1. The fraction of sp³-hybridized carbons (Fsp3) is 0.667. The molecule has 96 valence electrons. The minimum atomic E-state index is -0.254. The molecular formula is C12H21N3O2. The summed E-state index contributed by atoms with van der Waals surface area (Å²) in [7, 11) is 1.74. The maximum Gasteiger partial charge on any atom is 0.269 e. The van der Waals surface area contributed by atoms with Crippen LogP contribution in [0.4, 0.5) is 0 Å². The molecule has 0 fully saturated rings. The lowest BCUT2D eigenvalue weighted by atomic mass is 9.92. The molecular weight excluding hydrogens is 218 g/mol. The van der Waals surface area contributed by atoms with Crippen LogP contribution in [0.3, 0.4) is 0 Å². The summed E-state index contributed by atoms with van der Waals surface area (Å²) < 4.78 is 1.57. The van der Waals surface area contributed by atoms with Crippen LogP contribution in [0.2, 0.25) is 0 Å². The second-order valence-corrected chi connectivity index (χ2v) is 5.35. The molecule has 0 radical (unpaired) electrons. The summed E-state index contributed by atoms with van der Waals surface area (Å²) in [5.41, 5.74) is 1.30. The zero-order valence-corrected chi connectivity index (χ0v) is 11.1. The molecule has 0 aromatic carbocycles. The normalized spacial score (nSPS) is 13.5. The Morgan fingerprint density at radius 2 is 2.18 bits per heavy atom. The zero-order valence-electron chi connectivity index (χ0n) is 11.1. The van der Waals surface area contributed by atoms with Crippen molar-refractivity contribution in [3.8, 4) is 0 Å². The van der Waals surface area contributed by atoms with E-state index in [4.69, 9.17) is 5.11 Å². The Hall–Kier alpha value is -1.36. The van der Waals surface area contributed by atoms with Gasteiger partial charge in [0.05, 0.1) is 12.3 Å². The minimum absolute atomic E-state index is 0.0737. The molecule has 0 bridgehead atoms. The van der Waals surface area contributed by atoms with E-state index < -0.39 is 0 Å². The zero-order chi connectivity index (χ0) is 13.2. The van der Waals surface area contributed by atoms with Gasteiger partial charge in [-0.15, -0.1) is 0 Å². The summed E-state index contributed by atoms with van der Waals surface area (Å²) >= 11 is 0. The summed E-state index contributed by atoms with van der Waals surface area (Å²) in [5, 5.41) is 15.9.